The van der Waals surface area contributed by atoms with Crippen LogP contribution in [0.2, 0.25) is 0 Å². The molecule has 1 rings (SSSR count). The lowest BCUT2D eigenvalue weighted by Gasteiger charge is -2.33. The Kier molecular flexibility index (Phi) is 6.81. The Morgan fingerprint density at radius 1 is 1.61 bits per heavy atom. The fourth-order valence-electron chi connectivity index (χ4n) is 1.30. The van der Waals surface area contributed by atoms with Gasteiger partial charge >= 0.3 is 0 Å². The molecule has 0 aliphatic carbocycles. The maximum atomic E-state index is 12.1. The van der Waals surface area contributed by atoms with Gasteiger partial charge in [0, 0.05) is 17.2 Å². The molecule has 4 nitrogen and oxygen atoms in total. The van der Waals surface area contributed by atoms with E-state index in [9.17, 15) is 4.79 Å². The van der Waals surface area contributed by atoms with Gasteiger partial charge < -0.3 is 11.1 Å². The molecule has 0 spiro atoms. The normalized spacial score (nSPS) is 13.7. The molecule has 1 amide bonds. The molecule has 0 saturated carbocycles. The second kappa shape index (κ2) is 7.07. The van der Waals surface area contributed by atoms with Crippen LogP contribution in [0.4, 0.5) is 0 Å². The predicted molar refractivity (Wildman–Crippen MR) is 78.9 cm³/mol. The second-order valence-corrected chi connectivity index (χ2v) is 5.42. The van der Waals surface area contributed by atoms with Gasteiger partial charge in [0.25, 0.3) is 5.91 Å². The molecule has 3 N–H and O–H groups in total. The zero-order chi connectivity index (χ0) is 13.1. The van der Waals surface area contributed by atoms with Crippen LogP contribution in [-0.2, 0) is 0 Å². The zero-order valence-electron chi connectivity index (χ0n) is 10.7. The van der Waals surface area contributed by atoms with Gasteiger partial charge in [-0.15, -0.1) is 12.4 Å². The standard InChI is InChI=1S/C12H18BrN3O.ClH/c1-8(2)12(3,7-14)16-11(17)10-9(13)5-4-6-15-10;/h4-6,8H,7,14H2,1-3H3,(H,16,17);1H. The summed E-state index contributed by atoms with van der Waals surface area (Å²) in [7, 11) is 0. The van der Waals surface area contributed by atoms with Crippen LogP contribution in [0.5, 0.6) is 0 Å². The lowest BCUT2D eigenvalue weighted by atomic mass is 9.88. The van der Waals surface area contributed by atoms with E-state index in [2.05, 4.69) is 26.2 Å². The molecule has 0 saturated heterocycles. The molecule has 1 heterocycles. The Labute approximate surface area is 122 Å². The third kappa shape index (κ3) is 3.93. The Bertz CT molecular complexity index is 414. The summed E-state index contributed by atoms with van der Waals surface area (Å²) >= 11 is 3.31. The Balaban J connectivity index is 0.00000289. The van der Waals surface area contributed by atoms with Crippen LogP contribution in [0.15, 0.2) is 22.8 Å². The number of amides is 1. The van der Waals surface area contributed by atoms with Crippen LogP contribution in [0.25, 0.3) is 0 Å². The molecular weight excluding hydrogens is 318 g/mol. The molecule has 0 bridgehead atoms. The number of hydrogen-bond donors (Lipinski definition) is 2. The minimum Gasteiger partial charge on any atom is -0.344 e. The summed E-state index contributed by atoms with van der Waals surface area (Å²) in [6.07, 6.45) is 1.59. The SMILES string of the molecule is CC(C)C(C)(CN)NC(=O)c1ncccc1Br.Cl. The van der Waals surface area contributed by atoms with Crippen molar-refractivity contribution in [1.82, 2.24) is 10.3 Å². The van der Waals surface area contributed by atoms with Gasteiger partial charge in [0.15, 0.2) is 0 Å². The van der Waals surface area contributed by atoms with Crippen LogP contribution >= 0.6 is 28.3 Å². The largest absolute Gasteiger partial charge is 0.344 e. The number of nitrogens with zero attached hydrogens (tertiary/aromatic N) is 1. The van der Waals surface area contributed by atoms with Crippen molar-refractivity contribution in [3.8, 4) is 0 Å². The average molecular weight is 337 g/mol. The first-order chi connectivity index (χ1) is 7.90. The highest BCUT2D eigenvalue weighted by Crippen LogP contribution is 2.18. The third-order valence-corrected chi connectivity index (χ3v) is 3.71. The van der Waals surface area contributed by atoms with E-state index in [0.717, 1.165) is 0 Å². The molecule has 0 radical (unpaired) electrons. The number of carbonyl (C=O) groups excluding carboxylic acids is 1. The number of nitrogens with one attached hydrogen (secondary N) is 1. The maximum Gasteiger partial charge on any atom is 0.271 e. The molecule has 1 aromatic rings. The van der Waals surface area contributed by atoms with Crippen molar-refractivity contribution in [1.29, 1.82) is 0 Å². The molecule has 1 aromatic heterocycles. The maximum absolute atomic E-state index is 12.1. The van der Waals surface area contributed by atoms with Gasteiger partial charge in [-0.25, -0.2) is 4.98 Å². The van der Waals surface area contributed by atoms with E-state index in [4.69, 9.17) is 5.73 Å². The topological polar surface area (TPSA) is 68.0 Å². The van der Waals surface area contributed by atoms with E-state index in [1.54, 1.807) is 18.3 Å². The van der Waals surface area contributed by atoms with Crippen LogP contribution < -0.4 is 11.1 Å². The fourth-order valence-corrected chi connectivity index (χ4v) is 1.74. The summed E-state index contributed by atoms with van der Waals surface area (Å²) in [4.78, 5) is 16.1. The predicted octanol–water partition coefficient (Wildman–Crippen LogP) is 2.37. The van der Waals surface area contributed by atoms with Crippen LogP contribution in [-0.4, -0.2) is 23.0 Å². The lowest BCUT2D eigenvalue weighted by Crippen LogP contribution is -2.55. The van der Waals surface area contributed by atoms with Crippen LogP contribution in [0.1, 0.15) is 31.3 Å². The highest BCUT2D eigenvalue weighted by Gasteiger charge is 2.29. The van der Waals surface area contributed by atoms with Gasteiger partial charge in [0.2, 0.25) is 0 Å². The molecule has 1 unspecified atom stereocenters. The van der Waals surface area contributed by atoms with E-state index in [1.165, 1.54) is 0 Å². The Hall–Kier alpha value is -0.650. The highest BCUT2D eigenvalue weighted by molar-refractivity contribution is 9.10. The molecule has 6 heteroatoms. The summed E-state index contributed by atoms with van der Waals surface area (Å²) in [5.74, 6) is 0.0399. The molecule has 1 atom stereocenters. The van der Waals surface area contributed by atoms with E-state index in [0.29, 0.717) is 16.7 Å². The smallest absolute Gasteiger partial charge is 0.271 e. The summed E-state index contributed by atoms with van der Waals surface area (Å²) in [5.41, 5.74) is 5.69. The van der Waals surface area contributed by atoms with Gasteiger partial charge in [-0.2, -0.15) is 0 Å². The summed E-state index contributed by atoms with van der Waals surface area (Å²) in [5, 5.41) is 2.94. The molecule has 18 heavy (non-hydrogen) atoms. The highest BCUT2D eigenvalue weighted by atomic mass is 79.9. The van der Waals surface area contributed by atoms with E-state index < -0.39 is 5.54 Å². The number of pyridine rings is 1. The van der Waals surface area contributed by atoms with E-state index in [-0.39, 0.29) is 24.2 Å². The second-order valence-electron chi connectivity index (χ2n) is 4.56. The first-order valence-electron chi connectivity index (χ1n) is 5.54. The third-order valence-electron chi connectivity index (χ3n) is 3.07. The van der Waals surface area contributed by atoms with Crippen molar-refractivity contribution in [2.24, 2.45) is 11.7 Å². The minimum absolute atomic E-state index is 0. The van der Waals surface area contributed by atoms with E-state index in [1.807, 2.05) is 20.8 Å². The number of hydrogen-bond acceptors (Lipinski definition) is 3. The molecule has 0 aliphatic heterocycles. The first kappa shape index (κ1) is 17.4. The molecule has 0 aromatic carbocycles. The van der Waals surface area contributed by atoms with Gasteiger partial charge in [-0.3, -0.25) is 4.79 Å². The number of halogens is 2. The van der Waals surface area contributed by atoms with Gasteiger partial charge in [0.1, 0.15) is 5.69 Å². The van der Waals surface area contributed by atoms with Crippen LogP contribution in [0.3, 0.4) is 0 Å². The first-order valence-corrected chi connectivity index (χ1v) is 6.33. The molecule has 0 aliphatic rings. The van der Waals surface area contributed by atoms with Gasteiger partial charge in [-0.1, -0.05) is 13.8 Å². The molecular formula is C12H19BrClN3O. The minimum atomic E-state index is -0.423. The Morgan fingerprint density at radius 2 is 2.22 bits per heavy atom. The van der Waals surface area contributed by atoms with Crippen molar-refractivity contribution in [3.63, 3.8) is 0 Å². The lowest BCUT2D eigenvalue weighted by molar-refractivity contribution is 0.0877. The number of carbonyl (C=O) groups is 1. The number of nitrogens with two attached hydrogens (primary N) is 1. The monoisotopic (exact) mass is 335 g/mol. The summed E-state index contributed by atoms with van der Waals surface area (Å²) < 4.78 is 0.681. The van der Waals surface area contributed by atoms with E-state index >= 15 is 0 Å². The van der Waals surface area contributed by atoms with Gasteiger partial charge in [0.05, 0.1) is 5.54 Å². The van der Waals surface area contributed by atoms with Gasteiger partial charge in [-0.05, 0) is 40.9 Å². The van der Waals surface area contributed by atoms with Crippen molar-refractivity contribution in [2.45, 2.75) is 26.3 Å². The van der Waals surface area contributed by atoms with Crippen molar-refractivity contribution in [2.75, 3.05) is 6.54 Å². The average Bonchev–Trinajstić information content (AvgIpc) is 2.29. The molecule has 0 fully saturated rings. The number of aromatic nitrogens is 1. The number of rotatable bonds is 4. The summed E-state index contributed by atoms with van der Waals surface area (Å²) in [6.45, 7) is 6.38. The van der Waals surface area contributed by atoms with Crippen molar-refractivity contribution >= 4 is 34.2 Å². The van der Waals surface area contributed by atoms with Crippen LogP contribution in [0, 0.1) is 5.92 Å². The zero-order valence-corrected chi connectivity index (χ0v) is 13.1. The fraction of sp³-hybridized carbons (Fsp3) is 0.500. The van der Waals surface area contributed by atoms with Crippen molar-refractivity contribution < 1.29 is 4.79 Å². The Morgan fingerprint density at radius 3 is 2.67 bits per heavy atom. The quantitative estimate of drug-likeness (QED) is 0.887. The molecule has 102 valence electrons. The summed E-state index contributed by atoms with van der Waals surface area (Å²) in [6, 6.07) is 3.56. The van der Waals surface area contributed by atoms with Crippen molar-refractivity contribution in [3.05, 3.63) is 28.5 Å².